The molecular weight excluding hydrogens is 260 g/mol. The smallest absolute Gasteiger partial charge is 0.120 e. The summed E-state index contributed by atoms with van der Waals surface area (Å²) in [6.07, 6.45) is 3.48. The van der Waals surface area contributed by atoms with Crippen LogP contribution in [0.1, 0.15) is 18.4 Å². The third-order valence-electron chi connectivity index (χ3n) is 3.64. The van der Waals surface area contributed by atoms with E-state index in [0.717, 1.165) is 30.3 Å². The Labute approximate surface area is 120 Å². The Morgan fingerprint density at radius 3 is 2.74 bits per heavy atom. The lowest BCUT2D eigenvalue weighted by Gasteiger charge is -2.27. The highest BCUT2D eigenvalue weighted by atomic mass is 35.5. The van der Waals surface area contributed by atoms with Crippen LogP contribution in [0.3, 0.4) is 0 Å². The van der Waals surface area contributed by atoms with Gasteiger partial charge in [-0.1, -0.05) is 17.7 Å². The number of hydrogen-bond donors (Lipinski definition) is 1. The zero-order valence-corrected chi connectivity index (χ0v) is 12.4. The minimum Gasteiger partial charge on any atom is -0.497 e. The number of nitrogens with one attached hydrogen (secondary N) is 1. The van der Waals surface area contributed by atoms with Crippen molar-refractivity contribution in [3.8, 4) is 5.75 Å². The van der Waals surface area contributed by atoms with Gasteiger partial charge in [0, 0.05) is 31.2 Å². The van der Waals surface area contributed by atoms with Crippen LogP contribution in [0.25, 0.3) is 0 Å². The summed E-state index contributed by atoms with van der Waals surface area (Å²) in [4.78, 5) is 2.53. The molecule has 0 atom stereocenters. The van der Waals surface area contributed by atoms with Gasteiger partial charge in [-0.3, -0.25) is 0 Å². The van der Waals surface area contributed by atoms with Gasteiger partial charge in [0.1, 0.15) is 5.75 Å². The van der Waals surface area contributed by atoms with Crippen molar-refractivity contribution >= 4 is 11.6 Å². The number of unbranched alkanes of at least 4 members (excludes halogenated alkanes) is 1. The van der Waals surface area contributed by atoms with Gasteiger partial charge in [0.05, 0.1) is 7.11 Å². The van der Waals surface area contributed by atoms with E-state index in [2.05, 4.69) is 16.3 Å². The van der Waals surface area contributed by atoms with Crippen molar-refractivity contribution in [1.29, 1.82) is 0 Å². The summed E-state index contributed by atoms with van der Waals surface area (Å²) in [6.45, 7) is 5.83. The molecule has 0 amide bonds. The molecule has 3 nitrogen and oxygen atoms in total. The molecule has 0 aromatic heterocycles. The van der Waals surface area contributed by atoms with E-state index >= 15 is 0 Å². The van der Waals surface area contributed by atoms with E-state index in [4.69, 9.17) is 16.3 Å². The van der Waals surface area contributed by atoms with Crippen LogP contribution in [0.4, 0.5) is 0 Å². The van der Waals surface area contributed by atoms with Gasteiger partial charge in [-0.25, -0.2) is 0 Å². The standard InChI is InChI=1S/C15H23ClN2O/c1-19-14-6-5-13(15(16)12-14)4-2-3-9-18-10-7-17-8-11-18/h5-6,12,17H,2-4,7-11H2,1H3. The van der Waals surface area contributed by atoms with Crippen LogP contribution < -0.4 is 10.1 Å². The van der Waals surface area contributed by atoms with Crippen LogP contribution in [0, 0.1) is 0 Å². The summed E-state index contributed by atoms with van der Waals surface area (Å²) in [5.74, 6) is 0.828. The van der Waals surface area contributed by atoms with Crippen LogP contribution in [0.5, 0.6) is 5.75 Å². The van der Waals surface area contributed by atoms with Crippen LogP contribution >= 0.6 is 11.6 Å². The number of piperazine rings is 1. The van der Waals surface area contributed by atoms with Crippen molar-refractivity contribution in [3.05, 3.63) is 28.8 Å². The number of halogens is 1. The molecule has 1 aromatic rings. The minimum absolute atomic E-state index is 0.821. The Morgan fingerprint density at radius 2 is 2.05 bits per heavy atom. The number of nitrogens with zero attached hydrogens (tertiary/aromatic N) is 1. The Hall–Kier alpha value is -0.770. The van der Waals surface area contributed by atoms with Gasteiger partial charge in [-0.2, -0.15) is 0 Å². The van der Waals surface area contributed by atoms with Crippen molar-refractivity contribution in [2.75, 3.05) is 39.8 Å². The van der Waals surface area contributed by atoms with Crippen LogP contribution in [0.2, 0.25) is 5.02 Å². The van der Waals surface area contributed by atoms with E-state index in [1.54, 1.807) is 7.11 Å². The second kappa shape index (κ2) is 7.73. The molecule has 0 radical (unpaired) electrons. The summed E-state index contributed by atoms with van der Waals surface area (Å²) in [7, 11) is 1.67. The summed E-state index contributed by atoms with van der Waals surface area (Å²) in [6, 6.07) is 5.96. The molecule has 1 N–H and O–H groups in total. The van der Waals surface area contributed by atoms with Gasteiger partial charge in [-0.05, 0) is 43.5 Å². The summed E-state index contributed by atoms with van der Waals surface area (Å²) in [5.41, 5.74) is 1.22. The first-order valence-corrected chi connectivity index (χ1v) is 7.43. The average molecular weight is 283 g/mol. The molecule has 1 aliphatic heterocycles. The fourth-order valence-electron chi connectivity index (χ4n) is 2.44. The number of aryl methyl sites for hydroxylation is 1. The minimum atomic E-state index is 0.821. The van der Waals surface area contributed by atoms with Crippen molar-refractivity contribution in [3.63, 3.8) is 0 Å². The monoisotopic (exact) mass is 282 g/mol. The number of ether oxygens (including phenoxy) is 1. The zero-order chi connectivity index (χ0) is 13.5. The maximum absolute atomic E-state index is 6.24. The van der Waals surface area contributed by atoms with Crippen LogP contribution in [-0.4, -0.2) is 44.7 Å². The third-order valence-corrected chi connectivity index (χ3v) is 3.99. The first kappa shape index (κ1) is 14.6. The summed E-state index contributed by atoms with van der Waals surface area (Å²) in [5, 5.41) is 4.20. The average Bonchev–Trinajstić information content (AvgIpc) is 2.46. The predicted molar refractivity (Wildman–Crippen MR) is 80.3 cm³/mol. The van der Waals surface area contributed by atoms with Crippen LogP contribution in [-0.2, 0) is 6.42 Å². The maximum atomic E-state index is 6.24. The number of rotatable bonds is 6. The van der Waals surface area contributed by atoms with Gasteiger partial charge in [0.15, 0.2) is 0 Å². The second-order valence-corrected chi connectivity index (χ2v) is 5.41. The molecule has 1 heterocycles. The summed E-state index contributed by atoms with van der Waals surface area (Å²) >= 11 is 6.24. The van der Waals surface area contributed by atoms with Crippen molar-refractivity contribution in [2.45, 2.75) is 19.3 Å². The number of methoxy groups -OCH3 is 1. The fourth-order valence-corrected chi connectivity index (χ4v) is 2.71. The largest absolute Gasteiger partial charge is 0.497 e. The maximum Gasteiger partial charge on any atom is 0.120 e. The molecule has 0 saturated carbocycles. The molecule has 0 spiro atoms. The lowest BCUT2D eigenvalue weighted by atomic mass is 10.1. The third kappa shape index (κ3) is 4.68. The quantitative estimate of drug-likeness (QED) is 0.812. The molecule has 19 heavy (non-hydrogen) atoms. The molecule has 4 heteroatoms. The van der Waals surface area contributed by atoms with Gasteiger partial charge in [-0.15, -0.1) is 0 Å². The van der Waals surface area contributed by atoms with Gasteiger partial charge in [0.25, 0.3) is 0 Å². The molecule has 1 saturated heterocycles. The fraction of sp³-hybridized carbons (Fsp3) is 0.600. The van der Waals surface area contributed by atoms with Crippen molar-refractivity contribution in [2.24, 2.45) is 0 Å². The van der Waals surface area contributed by atoms with E-state index in [1.165, 1.54) is 38.0 Å². The van der Waals surface area contributed by atoms with E-state index in [9.17, 15) is 0 Å². The molecule has 106 valence electrons. The molecule has 0 aliphatic carbocycles. The highest BCUT2D eigenvalue weighted by Gasteiger charge is 2.08. The van der Waals surface area contributed by atoms with Gasteiger partial charge >= 0.3 is 0 Å². The lowest BCUT2D eigenvalue weighted by Crippen LogP contribution is -2.43. The topological polar surface area (TPSA) is 24.5 Å². The SMILES string of the molecule is COc1ccc(CCCCN2CCNCC2)c(Cl)c1. The van der Waals surface area contributed by atoms with Gasteiger partial charge < -0.3 is 15.0 Å². The highest BCUT2D eigenvalue weighted by Crippen LogP contribution is 2.23. The zero-order valence-electron chi connectivity index (χ0n) is 11.6. The first-order valence-electron chi connectivity index (χ1n) is 7.05. The van der Waals surface area contributed by atoms with Crippen LogP contribution in [0.15, 0.2) is 18.2 Å². The molecule has 2 rings (SSSR count). The molecular formula is C15H23ClN2O. The molecule has 1 aromatic carbocycles. The Morgan fingerprint density at radius 1 is 1.26 bits per heavy atom. The Kier molecular flexibility index (Phi) is 5.95. The normalized spacial score (nSPS) is 16.5. The Bertz CT molecular complexity index is 392. The van der Waals surface area contributed by atoms with Crippen molar-refractivity contribution in [1.82, 2.24) is 10.2 Å². The molecule has 1 fully saturated rings. The van der Waals surface area contributed by atoms with Gasteiger partial charge in [0.2, 0.25) is 0 Å². The number of hydrogen-bond acceptors (Lipinski definition) is 3. The molecule has 1 aliphatic rings. The van der Waals surface area contributed by atoms with E-state index in [-0.39, 0.29) is 0 Å². The summed E-state index contributed by atoms with van der Waals surface area (Å²) < 4.78 is 5.16. The Balaban J connectivity index is 1.70. The molecule has 0 bridgehead atoms. The second-order valence-electron chi connectivity index (χ2n) is 5.01. The van der Waals surface area contributed by atoms with Crippen molar-refractivity contribution < 1.29 is 4.74 Å². The highest BCUT2D eigenvalue weighted by molar-refractivity contribution is 6.31. The molecule has 0 unspecified atom stereocenters. The first-order chi connectivity index (χ1) is 9.29. The number of benzene rings is 1. The van der Waals surface area contributed by atoms with E-state index < -0.39 is 0 Å². The lowest BCUT2D eigenvalue weighted by molar-refractivity contribution is 0.237. The van der Waals surface area contributed by atoms with E-state index in [0.29, 0.717) is 0 Å². The predicted octanol–water partition coefficient (Wildman–Crippen LogP) is 2.58. The van der Waals surface area contributed by atoms with E-state index in [1.807, 2.05) is 12.1 Å².